The van der Waals surface area contributed by atoms with Crippen LogP contribution in [0.3, 0.4) is 0 Å². The van der Waals surface area contributed by atoms with Crippen LogP contribution in [-0.2, 0) is 46.2 Å². The molecular weight excluding hydrogens is 845 g/mol. The van der Waals surface area contributed by atoms with Crippen LogP contribution in [0.25, 0.3) is 0 Å². The third-order valence-corrected chi connectivity index (χ3v) is 13.3. The standard InChI is InChI=1S/C24H29N3O5S.C22H27N3O4S/c1-17(2)27-23(18(3)28)14-24(25-27)33(29,30)26(15-19-6-10-21(31-4)11-7-19)16-20-8-12-22(32-5)13-9-20;1-17(2)25-14-13-22(23-25)30(26,27)24(15-18-5-9-20(28-3)10-6-18)16-19-7-11-21(29-4)12-8-19/h6-14,17H,15-16H2,1-5H3;5-14,17H,15-16H2,1-4H3. The van der Waals surface area contributed by atoms with E-state index in [-0.39, 0.29) is 59.8 Å². The molecule has 15 nitrogen and oxygen atoms in total. The van der Waals surface area contributed by atoms with Gasteiger partial charge in [-0.3, -0.25) is 14.2 Å². The van der Waals surface area contributed by atoms with Crippen molar-refractivity contribution in [2.45, 2.75) is 82.9 Å². The number of hydrogen-bond acceptors (Lipinski definition) is 11. The van der Waals surface area contributed by atoms with Crippen molar-refractivity contribution in [1.82, 2.24) is 28.2 Å². The van der Waals surface area contributed by atoms with Gasteiger partial charge in [0.1, 0.15) is 28.7 Å². The number of benzene rings is 4. The van der Waals surface area contributed by atoms with Crippen molar-refractivity contribution >= 4 is 25.8 Å². The summed E-state index contributed by atoms with van der Waals surface area (Å²) in [4.78, 5) is 12.1. The summed E-state index contributed by atoms with van der Waals surface area (Å²) >= 11 is 0. The van der Waals surface area contributed by atoms with E-state index in [1.807, 2.05) is 100 Å². The lowest BCUT2D eigenvalue weighted by atomic mass is 10.2. The minimum absolute atomic E-state index is 0.0400. The Hall–Kier alpha value is -6.01. The van der Waals surface area contributed by atoms with Crippen LogP contribution in [-0.4, -0.2) is 79.2 Å². The van der Waals surface area contributed by atoms with Crippen molar-refractivity contribution in [3.05, 3.63) is 143 Å². The molecule has 4 aromatic carbocycles. The second-order valence-electron chi connectivity index (χ2n) is 15.1. The molecular formula is C46H56N6O9S2. The minimum Gasteiger partial charge on any atom is -0.497 e. The number of ketones is 1. The lowest BCUT2D eigenvalue weighted by molar-refractivity contribution is 0.100. The van der Waals surface area contributed by atoms with E-state index >= 15 is 0 Å². The smallest absolute Gasteiger partial charge is 0.263 e. The highest BCUT2D eigenvalue weighted by Crippen LogP contribution is 2.26. The zero-order valence-electron chi connectivity index (χ0n) is 37.1. The summed E-state index contributed by atoms with van der Waals surface area (Å²) in [5.41, 5.74) is 3.57. The summed E-state index contributed by atoms with van der Waals surface area (Å²) in [6, 6.07) is 32.0. The lowest BCUT2D eigenvalue weighted by Crippen LogP contribution is -2.30. The second-order valence-corrected chi connectivity index (χ2v) is 18.9. The number of ether oxygens (including phenoxy) is 4. The van der Waals surface area contributed by atoms with Crippen LogP contribution in [0.15, 0.2) is 125 Å². The van der Waals surface area contributed by atoms with Gasteiger partial charge in [-0.25, -0.2) is 16.8 Å². The van der Waals surface area contributed by atoms with Crippen LogP contribution in [0.1, 0.15) is 79.4 Å². The normalized spacial score (nSPS) is 11.8. The van der Waals surface area contributed by atoms with Crippen molar-refractivity contribution in [1.29, 1.82) is 0 Å². The van der Waals surface area contributed by atoms with Gasteiger partial charge in [0.25, 0.3) is 20.0 Å². The molecule has 336 valence electrons. The number of methoxy groups -OCH3 is 4. The third kappa shape index (κ3) is 12.3. The maximum absolute atomic E-state index is 13.7. The zero-order chi connectivity index (χ0) is 45.9. The van der Waals surface area contributed by atoms with E-state index in [0.717, 1.165) is 33.8 Å². The summed E-state index contributed by atoms with van der Waals surface area (Å²) in [5, 5.41) is 8.47. The molecule has 0 bridgehead atoms. The number of carbonyl (C=O) groups excluding carboxylic acids is 1. The predicted octanol–water partition coefficient (Wildman–Crippen LogP) is 7.95. The first-order valence-electron chi connectivity index (χ1n) is 20.2. The third-order valence-electron chi connectivity index (χ3n) is 9.96. The number of hydrogen-bond donors (Lipinski definition) is 0. The topological polar surface area (TPSA) is 164 Å². The first-order valence-corrected chi connectivity index (χ1v) is 23.0. The highest BCUT2D eigenvalue weighted by atomic mass is 32.2. The molecule has 0 aliphatic heterocycles. The van der Waals surface area contributed by atoms with Gasteiger partial charge >= 0.3 is 0 Å². The quantitative estimate of drug-likeness (QED) is 0.0725. The van der Waals surface area contributed by atoms with E-state index in [2.05, 4.69) is 10.2 Å². The van der Waals surface area contributed by atoms with Gasteiger partial charge in [0.2, 0.25) is 0 Å². The van der Waals surface area contributed by atoms with Crippen molar-refractivity contribution in [2.75, 3.05) is 28.4 Å². The highest BCUT2D eigenvalue weighted by molar-refractivity contribution is 7.89. The molecule has 0 spiro atoms. The summed E-state index contributed by atoms with van der Waals surface area (Å²) in [7, 11) is -1.47. The lowest BCUT2D eigenvalue weighted by Gasteiger charge is -2.22. The van der Waals surface area contributed by atoms with Crippen molar-refractivity contribution in [2.24, 2.45) is 0 Å². The number of Topliss-reactive ketones (excluding diaryl/α,β-unsaturated/α-hetero) is 1. The fourth-order valence-electron chi connectivity index (χ4n) is 6.36. The Bertz CT molecular complexity index is 2530. The number of nitrogens with zero attached hydrogens (tertiary/aromatic N) is 6. The molecule has 0 aliphatic rings. The van der Waals surface area contributed by atoms with Gasteiger partial charge in [-0.2, -0.15) is 18.8 Å². The van der Waals surface area contributed by atoms with E-state index in [1.54, 1.807) is 69.6 Å². The van der Waals surface area contributed by atoms with Gasteiger partial charge < -0.3 is 18.9 Å². The molecule has 6 aromatic rings. The van der Waals surface area contributed by atoms with Gasteiger partial charge in [0.15, 0.2) is 15.8 Å². The van der Waals surface area contributed by atoms with Gasteiger partial charge in [0, 0.05) is 57.4 Å². The first-order chi connectivity index (χ1) is 30.0. The van der Waals surface area contributed by atoms with Gasteiger partial charge in [0.05, 0.1) is 28.4 Å². The largest absolute Gasteiger partial charge is 0.497 e. The second kappa shape index (κ2) is 21.4. The average molecular weight is 901 g/mol. The molecule has 0 atom stereocenters. The van der Waals surface area contributed by atoms with Crippen molar-refractivity contribution < 1.29 is 40.6 Å². The Morgan fingerprint density at radius 2 is 0.857 bits per heavy atom. The van der Waals surface area contributed by atoms with E-state index in [4.69, 9.17) is 18.9 Å². The monoisotopic (exact) mass is 900 g/mol. The fourth-order valence-corrected chi connectivity index (χ4v) is 9.04. The van der Waals surface area contributed by atoms with Crippen LogP contribution < -0.4 is 18.9 Å². The Labute approximate surface area is 370 Å². The summed E-state index contributed by atoms with van der Waals surface area (Å²) < 4.78 is 80.9. The van der Waals surface area contributed by atoms with Gasteiger partial charge in [-0.15, -0.1) is 0 Å². The Morgan fingerprint density at radius 3 is 1.11 bits per heavy atom. The fraction of sp³-hybridized carbons (Fsp3) is 0.326. The molecule has 63 heavy (non-hydrogen) atoms. The summed E-state index contributed by atoms with van der Waals surface area (Å²) in [5.74, 6) is 2.57. The Morgan fingerprint density at radius 1 is 0.524 bits per heavy atom. The highest BCUT2D eigenvalue weighted by Gasteiger charge is 2.31. The molecule has 0 N–H and O–H groups in total. The van der Waals surface area contributed by atoms with Gasteiger partial charge in [-0.05, 0) is 105 Å². The number of rotatable bonds is 19. The molecule has 0 aliphatic carbocycles. The molecule has 0 amide bonds. The number of aromatic nitrogens is 4. The molecule has 17 heteroatoms. The molecule has 2 aromatic heterocycles. The maximum Gasteiger partial charge on any atom is 0.263 e. The first kappa shape index (κ1) is 48.0. The summed E-state index contributed by atoms with van der Waals surface area (Å²) in [6.07, 6.45) is 1.69. The number of carbonyl (C=O) groups is 1. The molecule has 0 saturated carbocycles. The molecule has 2 heterocycles. The molecule has 0 unspecified atom stereocenters. The Balaban J connectivity index is 0.000000239. The van der Waals surface area contributed by atoms with Crippen molar-refractivity contribution in [3.63, 3.8) is 0 Å². The number of sulfonamides is 2. The molecule has 6 rings (SSSR count). The van der Waals surface area contributed by atoms with Crippen LogP contribution in [0, 0.1) is 0 Å². The maximum atomic E-state index is 13.7. The van der Waals surface area contributed by atoms with Crippen molar-refractivity contribution in [3.8, 4) is 23.0 Å². The molecule has 0 fully saturated rings. The zero-order valence-corrected chi connectivity index (χ0v) is 38.8. The van der Waals surface area contributed by atoms with Crippen LogP contribution in [0.4, 0.5) is 0 Å². The van der Waals surface area contributed by atoms with Crippen LogP contribution >= 0.6 is 0 Å². The molecule has 0 saturated heterocycles. The van der Waals surface area contributed by atoms with Gasteiger partial charge in [-0.1, -0.05) is 48.5 Å². The van der Waals surface area contributed by atoms with E-state index < -0.39 is 20.0 Å². The minimum atomic E-state index is -4.01. The Kier molecular flexibility index (Phi) is 16.3. The SMILES string of the molecule is COc1ccc(CN(Cc2ccc(OC)cc2)S(=O)(=O)c2cc(C(C)=O)n(C(C)C)n2)cc1.COc1ccc(CN(Cc2ccc(OC)cc2)S(=O)(=O)c2ccn(C(C)C)n2)cc1. The summed E-state index contributed by atoms with van der Waals surface area (Å²) in [6.45, 7) is 9.69. The van der Waals surface area contributed by atoms with E-state index in [0.29, 0.717) is 11.5 Å². The van der Waals surface area contributed by atoms with E-state index in [9.17, 15) is 21.6 Å². The van der Waals surface area contributed by atoms with Crippen LogP contribution in [0.5, 0.6) is 23.0 Å². The van der Waals surface area contributed by atoms with E-state index in [1.165, 1.54) is 26.3 Å². The molecule has 0 radical (unpaired) electrons. The van der Waals surface area contributed by atoms with Crippen LogP contribution in [0.2, 0.25) is 0 Å². The average Bonchev–Trinajstić information content (AvgIpc) is 3.98. The predicted molar refractivity (Wildman–Crippen MR) is 240 cm³/mol.